The van der Waals surface area contributed by atoms with Gasteiger partial charge < -0.3 is 10.1 Å². The first-order valence-electron chi connectivity index (χ1n) is 5.67. The number of hydrogen-bond acceptors (Lipinski definition) is 5. The van der Waals surface area contributed by atoms with E-state index in [2.05, 4.69) is 10.3 Å². The van der Waals surface area contributed by atoms with Gasteiger partial charge in [0.05, 0.1) is 18.8 Å². The molecule has 1 aromatic heterocycles. The molecule has 18 heavy (non-hydrogen) atoms. The number of hydrogen-bond donors (Lipinski definition) is 1. The van der Waals surface area contributed by atoms with Crippen molar-refractivity contribution in [3.8, 4) is 0 Å². The van der Waals surface area contributed by atoms with E-state index in [1.165, 1.54) is 11.8 Å². The summed E-state index contributed by atoms with van der Waals surface area (Å²) >= 11 is 1.43. The highest BCUT2D eigenvalue weighted by Gasteiger charge is 2.05. The summed E-state index contributed by atoms with van der Waals surface area (Å²) in [6.45, 7) is 2.43. The highest BCUT2D eigenvalue weighted by Crippen LogP contribution is 2.15. The third-order valence-electron chi connectivity index (χ3n) is 1.98. The lowest BCUT2D eigenvalue weighted by Gasteiger charge is -2.05. The van der Waals surface area contributed by atoms with E-state index in [-0.39, 0.29) is 18.3 Å². The molecule has 0 unspecified atom stereocenters. The van der Waals surface area contributed by atoms with Crippen LogP contribution in [0.15, 0.2) is 29.4 Å². The summed E-state index contributed by atoms with van der Waals surface area (Å²) in [4.78, 5) is 27.4. The molecule has 5 nitrogen and oxygen atoms in total. The lowest BCUT2D eigenvalue weighted by molar-refractivity contribution is -0.142. The Balaban J connectivity index is 2.13. The summed E-state index contributed by atoms with van der Waals surface area (Å²) in [6.07, 6.45) is 3.57. The van der Waals surface area contributed by atoms with Crippen molar-refractivity contribution in [2.75, 3.05) is 18.9 Å². The molecule has 0 aliphatic rings. The normalized spacial score (nSPS) is 9.83. The molecule has 98 valence electrons. The zero-order chi connectivity index (χ0) is 13.2. The number of pyridine rings is 1. The molecule has 0 fully saturated rings. The van der Waals surface area contributed by atoms with Gasteiger partial charge in [-0.2, -0.15) is 0 Å². The molecular formula is C12H16N2O3S. The standard InChI is InChI=1S/C12H16N2O3S/c1-2-17-12(16)5-8-14-11(15)9-18-10-3-6-13-7-4-10/h3-4,6-7H,2,5,8-9H2,1H3,(H,14,15). The van der Waals surface area contributed by atoms with Crippen LogP contribution in [-0.2, 0) is 14.3 Å². The Labute approximate surface area is 110 Å². The minimum Gasteiger partial charge on any atom is -0.466 e. The highest BCUT2D eigenvalue weighted by molar-refractivity contribution is 8.00. The molecule has 0 atom stereocenters. The van der Waals surface area contributed by atoms with Gasteiger partial charge in [-0.15, -0.1) is 11.8 Å². The largest absolute Gasteiger partial charge is 0.466 e. The number of carbonyl (C=O) groups is 2. The maximum Gasteiger partial charge on any atom is 0.307 e. The van der Waals surface area contributed by atoms with Gasteiger partial charge in [0.2, 0.25) is 5.91 Å². The number of amides is 1. The Morgan fingerprint density at radius 3 is 2.78 bits per heavy atom. The molecule has 0 aromatic carbocycles. The van der Waals surface area contributed by atoms with Gasteiger partial charge in [0.1, 0.15) is 0 Å². The molecule has 1 N–H and O–H groups in total. The predicted molar refractivity (Wildman–Crippen MR) is 69.2 cm³/mol. The molecular weight excluding hydrogens is 252 g/mol. The fourth-order valence-corrected chi connectivity index (χ4v) is 1.89. The molecule has 0 saturated carbocycles. The third kappa shape index (κ3) is 6.24. The summed E-state index contributed by atoms with van der Waals surface area (Å²) in [7, 11) is 0. The van der Waals surface area contributed by atoms with E-state index >= 15 is 0 Å². The van der Waals surface area contributed by atoms with Gasteiger partial charge in [0.25, 0.3) is 0 Å². The van der Waals surface area contributed by atoms with E-state index in [9.17, 15) is 9.59 Å². The minimum atomic E-state index is -0.292. The second-order valence-electron chi connectivity index (χ2n) is 3.38. The van der Waals surface area contributed by atoms with Gasteiger partial charge >= 0.3 is 5.97 Å². The number of carbonyl (C=O) groups excluding carboxylic acids is 2. The molecule has 1 amide bonds. The van der Waals surface area contributed by atoms with Crippen LogP contribution in [0.5, 0.6) is 0 Å². The van der Waals surface area contributed by atoms with Gasteiger partial charge in [0.15, 0.2) is 0 Å². The maximum atomic E-state index is 11.5. The van der Waals surface area contributed by atoms with E-state index in [0.29, 0.717) is 18.9 Å². The lowest BCUT2D eigenvalue weighted by atomic mass is 10.4. The van der Waals surface area contributed by atoms with Crippen LogP contribution in [0.2, 0.25) is 0 Å². The maximum absolute atomic E-state index is 11.5. The first kappa shape index (κ1) is 14.5. The average Bonchev–Trinajstić information content (AvgIpc) is 2.38. The Bertz CT molecular complexity index is 384. The van der Waals surface area contributed by atoms with E-state index in [1.807, 2.05) is 12.1 Å². The zero-order valence-corrected chi connectivity index (χ0v) is 11.0. The summed E-state index contributed by atoms with van der Waals surface area (Å²) in [5.74, 6) is -0.0620. The molecule has 0 radical (unpaired) electrons. The second-order valence-corrected chi connectivity index (χ2v) is 4.43. The third-order valence-corrected chi connectivity index (χ3v) is 2.99. The van der Waals surface area contributed by atoms with Crippen molar-refractivity contribution in [1.82, 2.24) is 10.3 Å². The molecule has 0 spiro atoms. The number of esters is 1. The first-order valence-corrected chi connectivity index (χ1v) is 6.66. The van der Waals surface area contributed by atoms with E-state index in [1.54, 1.807) is 19.3 Å². The Hall–Kier alpha value is -1.56. The fourth-order valence-electron chi connectivity index (χ4n) is 1.17. The fraction of sp³-hybridized carbons (Fsp3) is 0.417. The van der Waals surface area contributed by atoms with Gasteiger partial charge in [-0.25, -0.2) is 0 Å². The number of ether oxygens (including phenoxy) is 1. The van der Waals surface area contributed by atoms with Crippen LogP contribution in [0.1, 0.15) is 13.3 Å². The molecule has 0 aliphatic heterocycles. The van der Waals surface area contributed by atoms with Crippen LogP contribution in [0.3, 0.4) is 0 Å². The minimum absolute atomic E-state index is 0.0962. The van der Waals surface area contributed by atoms with Crippen molar-refractivity contribution in [2.45, 2.75) is 18.2 Å². The zero-order valence-electron chi connectivity index (χ0n) is 10.2. The van der Waals surface area contributed by atoms with Gasteiger partial charge in [-0.3, -0.25) is 14.6 Å². The summed E-state index contributed by atoms with van der Waals surface area (Å²) in [5.41, 5.74) is 0. The SMILES string of the molecule is CCOC(=O)CCNC(=O)CSc1ccncc1. The van der Waals surface area contributed by atoms with Gasteiger partial charge in [-0.1, -0.05) is 0 Å². The topological polar surface area (TPSA) is 68.3 Å². The smallest absolute Gasteiger partial charge is 0.307 e. The molecule has 1 aromatic rings. The van der Waals surface area contributed by atoms with Crippen molar-refractivity contribution in [1.29, 1.82) is 0 Å². The van der Waals surface area contributed by atoms with Crippen LogP contribution in [0.25, 0.3) is 0 Å². The van der Waals surface area contributed by atoms with E-state index < -0.39 is 0 Å². The lowest BCUT2D eigenvalue weighted by Crippen LogP contribution is -2.28. The molecule has 0 saturated heterocycles. The number of rotatable bonds is 7. The number of aromatic nitrogens is 1. The van der Waals surface area contributed by atoms with Crippen molar-refractivity contribution < 1.29 is 14.3 Å². The monoisotopic (exact) mass is 268 g/mol. The Kier molecular flexibility index (Phi) is 6.86. The molecule has 6 heteroatoms. The number of nitrogens with one attached hydrogen (secondary N) is 1. The quantitative estimate of drug-likeness (QED) is 0.595. The van der Waals surface area contributed by atoms with Crippen molar-refractivity contribution in [2.24, 2.45) is 0 Å². The van der Waals surface area contributed by atoms with Gasteiger partial charge in [0, 0.05) is 23.8 Å². The summed E-state index contributed by atoms with van der Waals surface area (Å²) in [6, 6.07) is 3.69. The predicted octanol–water partition coefficient (Wildman–Crippen LogP) is 1.24. The van der Waals surface area contributed by atoms with Crippen LogP contribution in [0.4, 0.5) is 0 Å². The first-order chi connectivity index (χ1) is 8.72. The van der Waals surface area contributed by atoms with Crippen molar-refractivity contribution >= 4 is 23.6 Å². The van der Waals surface area contributed by atoms with Crippen molar-refractivity contribution in [3.63, 3.8) is 0 Å². The second kappa shape index (κ2) is 8.52. The van der Waals surface area contributed by atoms with E-state index in [4.69, 9.17) is 4.74 Å². The van der Waals surface area contributed by atoms with Crippen molar-refractivity contribution in [3.05, 3.63) is 24.5 Å². The Morgan fingerprint density at radius 2 is 2.11 bits per heavy atom. The van der Waals surface area contributed by atoms with Gasteiger partial charge in [-0.05, 0) is 19.1 Å². The van der Waals surface area contributed by atoms with Crippen LogP contribution in [0, 0.1) is 0 Å². The summed E-state index contributed by atoms with van der Waals surface area (Å²) in [5, 5.41) is 2.67. The highest BCUT2D eigenvalue weighted by atomic mass is 32.2. The Morgan fingerprint density at radius 1 is 1.39 bits per heavy atom. The summed E-state index contributed by atoms with van der Waals surface area (Å²) < 4.78 is 4.75. The number of thioether (sulfide) groups is 1. The number of nitrogens with zero attached hydrogens (tertiary/aromatic N) is 1. The molecule has 1 rings (SSSR count). The van der Waals surface area contributed by atoms with E-state index in [0.717, 1.165) is 4.90 Å². The molecule has 0 bridgehead atoms. The average molecular weight is 268 g/mol. The van der Waals surface area contributed by atoms with Crippen LogP contribution >= 0.6 is 11.8 Å². The van der Waals surface area contributed by atoms with Crippen LogP contribution < -0.4 is 5.32 Å². The molecule has 0 aliphatic carbocycles. The van der Waals surface area contributed by atoms with Crippen LogP contribution in [-0.4, -0.2) is 35.8 Å². The molecule has 1 heterocycles.